The molecule has 0 saturated carbocycles. The summed E-state index contributed by atoms with van der Waals surface area (Å²) in [5.41, 5.74) is 1.66. The number of carbonyl (C=O) groups is 3. The molecule has 2 aromatic heterocycles. The third-order valence-electron chi connectivity index (χ3n) is 3.56. The van der Waals surface area contributed by atoms with Crippen molar-refractivity contribution in [3.8, 4) is 10.6 Å². The Morgan fingerprint density at radius 1 is 1.09 bits per heavy atom. The number of nitrogens with zero attached hydrogens (tertiary/aromatic N) is 4. The van der Waals surface area contributed by atoms with Crippen molar-refractivity contribution < 1.29 is 28.6 Å². The average Bonchev–Trinajstić information content (AvgIpc) is 3.30. The number of nitrogens with one attached hydrogen (secondary N) is 1. The number of ether oxygens (including phenoxy) is 3. The van der Waals surface area contributed by atoms with Gasteiger partial charge in [-0.15, -0.1) is 11.3 Å². The second-order valence-corrected chi connectivity index (χ2v) is 9.79. The highest BCUT2D eigenvalue weighted by molar-refractivity contribution is 7.16. The highest BCUT2D eigenvalue weighted by atomic mass is 32.1. The minimum Gasteiger partial charge on any atom is -0.465 e. The van der Waals surface area contributed by atoms with Crippen LogP contribution >= 0.6 is 11.3 Å². The van der Waals surface area contributed by atoms with Crippen LogP contribution in [0.5, 0.6) is 0 Å². The third-order valence-corrected chi connectivity index (χ3v) is 4.59. The molecule has 12 heteroatoms. The Hall–Kier alpha value is -3.15. The van der Waals surface area contributed by atoms with Crippen molar-refractivity contribution in [1.82, 2.24) is 25.2 Å². The van der Waals surface area contributed by atoms with Crippen molar-refractivity contribution >= 4 is 29.5 Å². The number of aromatic nitrogens is 3. The molecule has 32 heavy (non-hydrogen) atoms. The van der Waals surface area contributed by atoms with E-state index < -0.39 is 29.4 Å². The second kappa shape index (κ2) is 9.98. The first kappa shape index (κ1) is 25.1. The normalized spacial score (nSPS) is 11.6. The van der Waals surface area contributed by atoms with Gasteiger partial charge in [0.05, 0.1) is 32.6 Å². The van der Waals surface area contributed by atoms with Gasteiger partial charge in [0.1, 0.15) is 21.1 Å². The van der Waals surface area contributed by atoms with Crippen LogP contribution in [-0.2, 0) is 20.8 Å². The van der Waals surface area contributed by atoms with E-state index in [1.165, 1.54) is 24.6 Å². The van der Waals surface area contributed by atoms with Crippen molar-refractivity contribution in [2.75, 3.05) is 13.7 Å². The fourth-order valence-electron chi connectivity index (χ4n) is 2.32. The lowest BCUT2D eigenvalue weighted by atomic mass is 10.2. The fourth-order valence-corrected chi connectivity index (χ4v) is 3.13. The number of hydrogen-bond donors (Lipinski definition) is 1. The van der Waals surface area contributed by atoms with E-state index in [0.717, 1.165) is 5.01 Å². The van der Waals surface area contributed by atoms with Gasteiger partial charge in [0.15, 0.2) is 0 Å². The van der Waals surface area contributed by atoms with E-state index in [-0.39, 0.29) is 13.1 Å². The summed E-state index contributed by atoms with van der Waals surface area (Å²) in [5.74, 6) is -0.456. The molecule has 2 aromatic rings. The first-order valence-electron chi connectivity index (χ1n) is 9.84. The molecule has 0 fully saturated rings. The first-order valence-corrected chi connectivity index (χ1v) is 10.7. The molecule has 0 aromatic carbocycles. The summed E-state index contributed by atoms with van der Waals surface area (Å²) in [4.78, 5) is 40.9. The van der Waals surface area contributed by atoms with E-state index in [2.05, 4.69) is 15.5 Å². The largest absolute Gasteiger partial charge is 0.465 e. The van der Waals surface area contributed by atoms with Gasteiger partial charge in [-0.05, 0) is 41.5 Å². The van der Waals surface area contributed by atoms with E-state index in [9.17, 15) is 14.4 Å². The fraction of sp³-hybridized carbons (Fsp3) is 0.550. The molecule has 0 unspecified atom stereocenters. The van der Waals surface area contributed by atoms with Gasteiger partial charge in [-0.2, -0.15) is 5.10 Å². The summed E-state index contributed by atoms with van der Waals surface area (Å²) in [7, 11) is 1.31. The van der Waals surface area contributed by atoms with E-state index in [4.69, 9.17) is 14.2 Å². The Morgan fingerprint density at radius 2 is 1.75 bits per heavy atom. The molecule has 0 aliphatic heterocycles. The summed E-state index contributed by atoms with van der Waals surface area (Å²) in [6.07, 6.45) is 3.26. The van der Waals surface area contributed by atoms with Gasteiger partial charge in [-0.1, -0.05) is 0 Å². The Balaban J connectivity index is 2.08. The van der Waals surface area contributed by atoms with Crippen molar-refractivity contribution in [3.05, 3.63) is 23.5 Å². The van der Waals surface area contributed by atoms with Crippen LogP contribution in [0.4, 0.5) is 9.59 Å². The highest BCUT2D eigenvalue weighted by Crippen LogP contribution is 2.25. The van der Waals surface area contributed by atoms with Crippen molar-refractivity contribution in [2.45, 2.75) is 59.3 Å². The van der Waals surface area contributed by atoms with Gasteiger partial charge >= 0.3 is 18.2 Å². The van der Waals surface area contributed by atoms with Gasteiger partial charge < -0.3 is 14.2 Å². The second-order valence-electron chi connectivity index (χ2n) is 8.76. The number of carbonyl (C=O) groups excluding carboxylic acids is 3. The van der Waals surface area contributed by atoms with Crippen LogP contribution in [-0.4, -0.2) is 62.8 Å². The number of thiazole rings is 1. The van der Waals surface area contributed by atoms with E-state index in [0.29, 0.717) is 15.4 Å². The Bertz CT molecular complexity index is 956. The lowest BCUT2D eigenvalue weighted by Gasteiger charge is -2.28. The molecule has 0 spiro atoms. The molecule has 0 aliphatic rings. The average molecular weight is 468 g/mol. The number of methoxy groups -OCH3 is 1. The molecule has 0 radical (unpaired) electrons. The smallest absolute Gasteiger partial charge is 0.429 e. The van der Waals surface area contributed by atoms with Crippen molar-refractivity contribution in [1.29, 1.82) is 0 Å². The van der Waals surface area contributed by atoms with Crippen LogP contribution < -0.4 is 5.43 Å². The quantitative estimate of drug-likeness (QED) is 0.403. The Kier molecular flexibility index (Phi) is 7.83. The Labute approximate surface area is 190 Å². The summed E-state index contributed by atoms with van der Waals surface area (Å²) in [6.45, 7) is 10.7. The molecule has 0 saturated heterocycles. The van der Waals surface area contributed by atoms with Gasteiger partial charge in [0.25, 0.3) is 0 Å². The van der Waals surface area contributed by atoms with Crippen LogP contribution in [0.1, 0.15) is 51.2 Å². The molecule has 2 amide bonds. The molecule has 0 atom stereocenters. The molecule has 2 rings (SSSR count). The molecular formula is C20H29N5O6S. The van der Waals surface area contributed by atoms with E-state index in [1.807, 2.05) is 0 Å². The molecule has 0 bridgehead atoms. The van der Waals surface area contributed by atoms with Gasteiger partial charge in [0, 0.05) is 11.8 Å². The number of hydrazine groups is 1. The standard InChI is InChI=1S/C20H29N5O6S/c1-19(2,3)30-17(27)23-25(18(28)31-20(4,5)6)9-8-24-12-13(10-22-24)15-21-11-14(32-15)16(26)29-7/h10-12H,8-9H2,1-7H3,(H,23,27). The first-order chi connectivity index (χ1) is 14.8. The maximum Gasteiger partial charge on any atom is 0.429 e. The number of rotatable bonds is 5. The Morgan fingerprint density at radius 3 is 2.34 bits per heavy atom. The van der Waals surface area contributed by atoms with Gasteiger partial charge in [0.2, 0.25) is 0 Å². The third kappa shape index (κ3) is 7.84. The summed E-state index contributed by atoms with van der Waals surface area (Å²) >= 11 is 1.18. The number of esters is 1. The van der Waals surface area contributed by atoms with Gasteiger partial charge in [-0.25, -0.2) is 29.8 Å². The highest BCUT2D eigenvalue weighted by Gasteiger charge is 2.26. The van der Waals surface area contributed by atoms with Crippen LogP contribution in [0.15, 0.2) is 18.6 Å². The summed E-state index contributed by atoms with van der Waals surface area (Å²) in [6, 6.07) is 0. The van der Waals surface area contributed by atoms with Gasteiger partial charge in [-0.3, -0.25) is 4.68 Å². The molecule has 1 N–H and O–H groups in total. The zero-order chi connectivity index (χ0) is 24.1. The predicted molar refractivity (Wildman–Crippen MR) is 117 cm³/mol. The zero-order valence-corrected chi connectivity index (χ0v) is 20.1. The number of amides is 2. The van der Waals surface area contributed by atoms with Crippen LogP contribution in [0.25, 0.3) is 10.6 Å². The minimum absolute atomic E-state index is 0.0700. The van der Waals surface area contributed by atoms with E-state index >= 15 is 0 Å². The van der Waals surface area contributed by atoms with E-state index in [1.54, 1.807) is 58.6 Å². The molecule has 176 valence electrons. The monoisotopic (exact) mass is 467 g/mol. The van der Waals surface area contributed by atoms with Crippen LogP contribution in [0.2, 0.25) is 0 Å². The SMILES string of the molecule is COC(=O)c1cnc(-c2cnn(CCN(NC(=O)OC(C)(C)C)C(=O)OC(C)(C)C)c2)s1. The molecular weight excluding hydrogens is 438 g/mol. The van der Waals surface area contributed by atoms with Crippen LogP contribution in [0, 0.1) is 0 Å². The number of hydrogen-bond acceptors (Lipinski definition) is 9. The maximum atomic E-state index is 12.6. The summed E-state index contributed by atoms with van der Waals surface area (Å²) in [5, 5.41) is 5.90. The zero-order valence-electron chi connectivity index (χ0n) is 19.3. The summed E-state index contributed by atoms with van der Waals surface area (Å²) < 4.78 is 16.9. The topological polar surface area (TPSA) is 125 Å². The molecule has 0 aliphatic carbocycles. The predicted octanol–water partition coefficient (Wildman–Crippen LogP) is 3.47. The van der Waals surface area contributed by atoms with Crippen molar-refractivity contribution in [3.63, 3.8) is 0 Å². The minimum atomic E-state index is -0.775. The molecule has 2 heterocycles. The van der Waals surface area contributed by atoms with Crippen molar-refractivity contribution in [2.24, 2.45) is 0 Å². The lowest BCUT2D eigenvalue weighted by molar-refractivity contribution is 0.000478. The molecule has 11 nitrogen and oxygen atoms in total. The maximum absolute atomic E-state index is 12.6. The van der Waals surface area contributed by atoms with Crippen LogP contribution in [0.3, 0.4) is 0 Å². The lowest BCUT2D eigenvalue weighted by Crippen LogP contribution is -2.50.